The van der Waals surface area contributed by atoms with Crippen molar-refractivity contribution < 1.29 is 29.6 Å². The standard InChI is InChI=1S/C13H19N3O8/c17-5-6-24-10-1-3-12(15(20)21)7-13(10,16(22)23)9-14(8-12)4-2-11(18)19/h1,17H,2-9H2,(H,18,19)/t12-,13-/m1/s1. The van der Waals surface area contributed by atoms with Crippen LogP contribution in [0, 0.1) is 20.2 Å². The second-order valence-corrected chi connectivity index (χ2v) is 6.15. The Balaban J connectivity index is 2.38. The third-order valence-corrected chi connectivity index (χ3v) is 4.48. The van der Waals surface area contributed by atoms with Gasteiger partial charge < -0.3 is 14.9 Å². The number of ether oxygens (including phenoxy) is 1. The van der Waals surface area contributed by atoms with Crippen molar-refractivity contribution in [2.24, 2.45) is 0 Å². The van der Waals surface area contributed by atoms with E-state index in [4.69, 9.17) is 14.9 Å². The summed E-state index contributed by atoms with van der Waals surface area (Å²) in [6.07, 6.45) is 0.734. The minimum absolute atomic E-state index is 0.000880. The molecule has 1 aliphatic heterocycles. The van der Waals surface area contributed by atoms with Gasteiger partial charge in [0.2, 0.25) is 5.54 Å². The Kier molecular flexibility index (Phi) is 5.04. The lowest BCUT2D eigenvalue weighted by Crippen LogP contribution is -2.67. The third-order valence-electron chi connectivity index (χ3n) is 4.48. The SMILES string of the molecule is O=C(O)CCN1C[C@@]2([N+](=O)[O-])CC=C(OCCO)[C@]([N+](=O)[O-])(C1)C2. The van der Waals surface area contributed by atoms with E-state index in [0.717, 1.165) is 0 Å². The van der Waals surface area contributed by atoms with E-state index >= 15 is 0 Å². The fourth-order valence-electron chi connectivity index (χ4n) is 3.44. The zero-order valence-corrected chi connectivity index (χ0v) is 12.9. The van der Waals surface area contributed by atoms with E-state index in [9.17, 15) is 25.0 Å². The van der Waals surface area contributed by atoms with Crippen molar-refractivity contribution in [2.75, 3.05) is 32.8 Å². The number of nitro groups is 2. The maximum atomic E-state index is 11.8. The Morgan fingerprint density at radius 1 is 1.33 bits per heavy atom. The average Bonchev–Trinajstić information content (AvgIpc) is 2.51. The van der Waals surface area contributed by atoms with Gasteiger partial charge in [-0.2, -0.15) is 0 Å². The molecule has 0 aromatic heterocycles. The molecule has 1 fully saturated rings. The number of carboxylic acid groups (broad SMARTS) is 1. The lowest BCUT2D eigenvalue weighted by molar-refractivity contribution is -0.624. The highest BCUT2D eigenvalue weighted by molar-refractivity contribution is 5.66. The minimum Gasteiger partial charge on any atom is -0.488 e. The Bertz CT molecular complexity index is 580. The molecule has 2 rings (SSSR count). The molecule has 2 N–H and O–H groups in total. The Labute approximate surface area is 136 Å². The number of hydrogen-bond donors (Lipinski definition) is 2. The van der Waals surface area contributed by atoms with Gasteiger partial charge in [-0.25, -0.2) is 0 Å². The molecule has 2 atom stereocenters. The number of aliphatic hydroxyl groups is 1. The number of carboxylic acids is 1. The van der Waals surface area contributed by atoms with Crippen LogP contribution in [0.5, 0.6) is 0 Å². The number of hydrogen-bond acceptors (Lipinski definition) is 8. The van der Waals surface area contributed by atoms with E-state index in [1.165, 1.54) is 11.0 Å². The average molecular weight is 345 g/mol. The van der Waals surface area contributed by atoms with Gasteiger partial charge in [-0.15, -0.1) is 0 Å². The van der Waals surface area contributed by atoms with Gasteiger partial charge in [-0.3, -0.25) is 29.9 Å². The van der Waals surface area contributed by atoms with Gasteiger partial charge in [-0.1, -0.05) is 0 Å². The molecule has 11 heteroatoms. The molecule has 24 heavy (non-hydrogen) atoms. The van der Waals surface area contributed by atoms with Crippen LogP contribution in [0.1, 0.15) is 19.3 Å². The predicted molar refractivity (Wildman–Crippen MR) is 78.5 cm³/mol. The summed E-state index contributed by atoms with van der Waals surface area (Å²) < 4.78 is 5.29. The highest BCUT2D eigenvalue weighted by atomic mass is 16.6. The van der Waals surface area contributed by atoms with Crippen molar-refractivity contribution in [1.82, 2.24) is 4.90 Å². The first kappa shape index (κ1) is 18.1. The fraction of sp³-hybridized carbons (Fsp3) is 0.769. The number of nitrogens with zero attached hydrogens (tertiary/aromatic N) is 3. The first-order chi connectivity index (χ1) is 11.3. The summed E-state index contributed by atoms with van der Waals surface area (Å²) >= 11 is 0. The molecular formula is C13H19N3O8. The number of piperidine rings is 1. The van der Waals surface area contributed by atoms with Crippen LogP contribution < -0.4 is 0 Å². The van der Waals surface area contributed by atoms with Gasteiger partial charge in [0.05, 0.1) is 32.5 Å². The summed E-state index contributed by atoms with van der Waals surface area (Å²) in [4.78, 5) is 34.4. The smallest absolute Gasteiger partial charge is 0.304 e. The molecule has 134 valence electrons. The van der Waals surface area contributed by atoms with Crippen molar-refractivity contribution in [3.8, 4) is 0 Å². The number of fused-ring (bicyclic) bond motifs is 2. The van der Waals surface area contributed by atoms with Crippen LogP contribution in [0.25, 0.3) is 0 Å². The summed E-state index contributed by atoms with van der Waals surface area (Å²) in [5.41, 5.74) is -3.35. The van der Waals surface area contributed by atoms with Crippen molar-refractivity contribution in [2.45, 2.75) is 30.3 Å². The van der Waals surface area contributed by atoms with E-state index in [2.05, 4.69) is 0 Å². The van der Waals surface area contributed by atoms with Gasteiger partial charge >= 0.3 is 5.97 Å². The first-order valence-electron chi connectivity index (χ1n) is 7.43. The monoisotopic (exact) mass is 345 g/mol. The molecule has 1 saturated heterocycles. The summed E-state index contributed by atoms with van der Waals surface area (Å²) in [5.74, 6) is -1.08. The van der Waals surface area contributed by atoms with Crippen LogP contribution >= 0.6 is 0 Å². The van der Waals surface area contributed by atoms with E-state index in [1.54, 1.807) is 0 Å². The molecule has 0 saturated carbocycles. The number of aliphatic carboxylic acids is 1. The summed E-state index contributed by atoms with van der Waals surface area (Å²) in [6, 6.07) is 0. The topological polar surface area (TPSA) is 156 Å². The van der Waals surface area contributed by atoms with E-state index < -0.39 is 26.9 Å². The van der Waals surface area contributed by atoms with Gasteiger partial charge in [0.15, 0.2) is 5.76 Å². The Morgan fingerprint density at radius 3 is 2.58 bits per heavy atom. The molecule has 1 heterocycles. The van der Waals surface area contributed by atoms with Crippen LogP contribution in [0.15, 0.2) is 11.8 Å². The first-order valence-corrected chi connectivity index (χ1v) is 7.43. The highest BCUT2D eigenvalue weighted by Gasteiger charge is 2.66. The lowest BCUT2D eigenvalue weighted by Gasteiger charge is -2.45. The molecule has 0 amide bonds. The highest BCUT2D eigenvalue weighted by Crippen LogP contribution is 2.44. The number of likely N-dealkylation sites (tertiary alicyclic amines) is 1. The van der Waals surface area contributed by atoms with E-state index in [0.29, 0.717) is 0 Å². The van der Waals surface area contributed by atoms with Crippen molar-refractivity contribution in [3.05, 3.63) is 32.1 Å². The van der Waals surface area contributed by atoms with Gasteiger partial charge in [0.1, 0.15) is 6.61 Å². The lowest BCUT2D eigenvalue weighted by atomic mass is 9.71. The molecule has 2 aliphatic rings. The quantitative estimate of drug-likeness (QED) is 0.437. The predicted octanol–water partition coefficient (Wildman–Crippen LogP) is -0.506. The van der Waals surface area contributed by atoms with Crippen molar-refractivity contribution in [1.29, 1.82) is 0 Å². The second-order valence-electron chi connectivity index (χ2n) is 6.15. The van der Waals surface area contributed by atoms with Crippen LogP contribution in [0.4, 0.5) is 0 Å². The largest absolute Gasteiger partial charge is 0.488 e. The molecule has 2 bridgehead atoms. The summed E-state index contributed by atoms with van der Waals surface area (Å²) in [7, 11) is 0. The van der Waals surface area contributed by atoms with E-state index in [-0.39, 0.29) is 57.9 Å². The number of aliphatic hydroxyl groups excluding tert-OH is 1. The molecule has 0 spiro atoms. The molecule has 0 aromatic carbocycles. The van der Waals surface area contributed by atoms with Crippen molar-refractivity contribution in [3.63, 3.8) is 0 Å². The summed E-state index contributed by atoms with van der Waals surface area (Å²) in [5, 5.41) is 41.0. The number of rotatable bonds is 8. The van der Waals surface area contributed by atoms with Crippen LogP contribution in [-0.2, 0) is 9.53 Å². The number of carbonyl (C=O) groups is 1. The maximum absolute atomic E-state index is 11.8. The Morgan fingerprint density at radius 2 is 2.04 bits per heavy atom. The van der Waals surface area contributed by atoms with Gasteiger partial charge in [0.25, 0.3) is 5.54 Å². The molecule has 1 aliphatic carbocycles. The normalized spacial score (nSPS) is 29.6. The zero-order chi connectivity index (χ0) is 18.0. The fourth-order valence-corrected chi connectivity index (χ4v) is 3.44. The van der Waals surface area contributed by atoms with Gasteiger partial charge in [-0.05, 0) is 6.08 Å². The molecule has 0 aromatic rings. The van der Waals surface area contributed by atoms with Crippen LogP contribution in [0.2, 0.25) is 0 Å². The third kappa shape index (κ3) is 3.17. The molecule has 0 unspecified atom stereocenters. The minimum atomic E-state index is -1.81. The van der Waals surface area contributed by atoms with E-state index in [1.807, 2.05) is 0 Å². The zero-order valence-electron chi connectivity index (χ0n) is 12.9. The molecule has 11 nitrogen and oxygen atoms in total. The second kappa shape index (κ2) is 6.69. The Hall–Kier alpha value is -2.27. The van der Waals surface area contributed by atoms with Crippen LogP contribution in [0.3, 0.4) is 0 Å². The maximum Gasteiger partial charge on any atom is 0.304 e. The van der Waals surface area contributed by atoms with Gasteiger partial charge in [0, 0.05) is 22.8 Å². The molecular weight excluding hydrogens is 326 g/mol. The van der Waals surface area contributed by atoms with Crippen molar-refractivity contribution >= 4 is 5.97 Å². The van der Waals surface area contributed by atoms with Crippen LogP contribution in [-0.4, -0.2) is 74.9 Å². The molecule has 0 radical (unpaired) electrons. The summed E-state index contributed by atoms with van der Waals surface area (Å²) in [6.45, 7) is -0.725.